The Hall–Kier alpha value is -1.59. The average molecular weight is 329 g/mol. The number of rotatable bonds is 3. The van der Waals surface area contributed by atoms with E-state index >= 15 is 0 Å². The lowest BCUT2D eigenvalue weighted by Gasteiger charge is -2.07. The van der Waals surface area contributed by atoms with E-state index in [9.17, 15) is 4.79 Å². The first-order chi connectivity index (χ1) is 8.56. The molecule has 2 rings (SSSR count). The van der Waals surface area contributed by atoms with Crippen LogP contribution in [0.5, 0.6) is 11.6 Å². The quantitative estimate of drug-likeness (QED) is 0.925. The number of ether oxygens (including phenoxy) is 1. The van der Waals surface area contributed by atoms with Gasteiger partial charge in [0.05, 0.1) is 10.6 Å². The van der Waals surface area contributed by atoms with E-state index in [1.54, 1.807) is 18.2 Å². The first kappa shape index (κ1) is 12.9. The molecule has 0 bridgehead atoms. The summed E-state index contributed by atoms with van der Waals surface area (Å²) in [4.78, 5) is 14.6. The average Bonchev–Trinajstić information content (AvgIpc) is 2.34. The molecule has 0 atom stereocenters. The normalized spacial score (nSPS) is 10.1. The Balaban J connectivity index is 2.23. The predicted octanol–water partition coefficient (Wildman–Crippen LogP) is 3.99. The van der Waals surface area contributed by atoms with Crippen molar-refractivity contribution in [2.24, 2.45) is 0 Å². The molecule has 0 aliphatic heterocycles. The zero-order valence-corrected chi connectivity index (χ0v) is 11.3. The van der Waals surface area contributed by atoms with Crippen LogP contribution in [-0.2, 0) is 0 Å². The van der Waals surface area contributed by atoms with Gasteiger partial charge in [0.2, 0.25) is 5.88 Å². The number of carbonyl (C=O) groups is 1. The summed E-state index contributed by atoms with van der Waals surface area (Å²) < 4.78 is 6.28. The van der Waals surface area contributed by atoms with E-state index in [0.717, 1.165) is 4.47 Å². The molecule has 18 heavy (non-hydrogen) atoms. The lowest BCUT2D eigenvalue weighted by atomic mass is 10.3. The van der Waals surface area contributed by atoms with Crippen molar-refractivity contribution in [1.29, 1.82) is 0 Å². The molecule has 1 aromatic carbocycles. The van der Waals surface area contributed by atoms with Gasteiger partial charge in [-0.2, -0.15) is 0 Å². The summed E-state index contributed by atoms with van der Waals surface area (Å²) in [6, 6.07) is 8.06. The third kappa shape index (κ3) is 3.00. The van der Waals surface area contributed by atoms with Gasteiger partial charge in [0.1, 0.15) is 5.75 Å². The van der Waals surface area contributed by atoms with Crippen LogP contribution in [0.3, 0.4) is 0 Å². The van der Waals surface area contributed by atoms with Gasteiger partial charge in [-0.3, -0.25) is 0 Å². The van der Waals surface area contributed by atoms with E-state index in [-0.39, 0.29) is 11.4 Å². The molecule has 0 unspecified atom stereocenters. The van der Waals surface area contributed by atoms with Crippen LogP contribution in [-0.4, -0.2) is 16.1 Å². The second-order valence-electron chi connectivity index (χ2n) is 3.37. The standard InChI is InChI=1S/C12H7BrClNO3/c13-8-2-3-9(14)10(5-8)18-11-4-1-7(6-15-11)12(16)17/h1-6H,(H,16,17). The van der Waals surface area contributed by atoms with E-state index < -0.39 is 5.97 Å². The SMILES string of the molecule is O=C(O)c1ccc(Oc2cc(Br)ccc2Cl)nc1. The Bertz CT molecular complexity index is 586. The highest BCUT2D eigenvalue weighted by atomic mass is 79.9. The molecular weight excluding hydrogens is 321 g/mol. The van der Waals surface area contributed by atoms with Crippen LogP contribution in [0.15, 0.2) is 41.0 Å². The van der Waals surface area contributed by atoms with E-state index in [1.807, 2.05) is 0 Å². The smallest absolute Gasteiger partial charge is 0.337 e. The van der Waals surface area contributed by atoms with Crippen molar-refractivity contribution >= 4 is 33.5 Å². The monoisotopic (exact) mass is 327 g/mol. The molecule has 2 aromatic rings. The number of hydrogen-bond acceptors (Lipinski definition) is 3. The van der Waals surface area contributed by atoms with Crippen molar-refractivity contribution in [2.75, 3.05) is 0 Å². The Morgan fingerprint density at radius 1 is 1.33 bits per heavy atom. The molecule has 0 aliphatic carbocycles. The number of aromatic carboxylic acids is 1. The number of pyridine rings is 1. The minimum atomic E-state index is -1.03. The number of nitrogens with zero attached hydrogens (tertiary/aromatic N) is 1. The summed E-state index contributed by atoms with van der Waals surface area (Å²) in [6.07, 6.45) is 1.23. The lowest BCUT2D eigenvalue weighted by Crippen LogP contribution is -1.97. The van der Waals surface area contributed by atoms with Crippen molar-refractivity contribution in [3.05, 3.63) is 51.6 Å². The molecule has 1 heterocycles. The van der Waals surface area contributed by atoms with Crippen LogP contribution in [0.25, 0.3) is 0 Å². The highest BCUT2D eigenvalue weighted by Crippen LogP contribution is 2.31. The van der Waals surface area contributed by atoms with Gasteiger partial charge in [0, 0.05) is 16.7 Å². The van der Waals surface area contributed by atoms with Gasteiger partial charge in [-0.05, 0) is 24.3 Å². The first-order valence-electron chi connectivity index (χ1n) is 4.88. The van der Waals surface area contributed by atoms with Gasteiger partial charge in [-0.25, -0.2) is 9.78 Å². The van der Waals surface area contributed by atoms with Gasteiger partial charge in [0.25, 0.3) is 0 Å². The van der Waals surface area contributed by atoms with Gasteiger partial charge in [-0.15, -0.1) is 0 Å². The Morgan fingerprint density at radius 2 is 2.11 bits per heavy atom. The summed E-state index contributed by atoms with van der Waals surface area (Å²) in [7, 11) is 0. The van der Waals surface area contributed by atoms with Crippen LogP contribution in [0, 0.1) is 0 Å². The summed E-state index contributed by atoms with van der Waals surface area (Å²) in [6.45, 7) is 0. The fourth-order valence-corrected chi connectivity index (χ4v) is 1.73. The van der Waals surface area contributed by atoms with Gasteiger partial charge in [-0.1, -0.05) is 27.5 Å². The second kappa shape index (κ2) is 5.37. The molecule has 0 spiro atoms. The summed E-state index contributed by atoms with van der Waals surface area (Å²) in [5.41, 5.74) is 0.0997. The molecule has 92 valence electrons. The molecule has 6 heteroatoms. The Labute approximate surface area is 116 Å². The van der Waals surface area contributed by atoms with Crippen molar-refractivity contribution in [1.82, 2.24) is 4.98 Å². The summed E-state index contributed by atoms with van der Waals surface area (Å²) >= 11 is 9.26. The minimum Gasteiger partial charge on any atom is -0.478 e. The van der Waals surface area contributed by atoms with Crippen molar-refractivity contribution in [3.8, 4) is 11.6 Å². The largest absolute Gasteiger partial charge is 0.478 e. The number of benzene rings is 1. The van der Waals surface area contributed by atoms with Crippen LogP contribution in [0.1, 0.15) is 10.4 Å². The van der Waals surface area contributed by atoms with Crippen molar-refractivity contribution < 1.29 is 14.6 Å². The van der Waals surface area contributed by atoms with E-state index in [1.165, 1.54) is 18.3 Å². The maximum atomic E-state index is 10.7. The predicted molar refractivity (Wildman–Crippen MR) is 70.4 cm³/mol. The molecule has 0 saturated carbocycles. The fourth-order valence-electron chi connectivity index (χ4n) is 1.24. The lowest BCUT2D eigenvalue weighted by molar-refractivity contribution is 0.0696. The minimum absolute atomic E-state index is 0.0997. The molecule has 0 amide bonds. The number of hydrogen-bond donors (Lipinski definition) is 1. The first-order valence-corrected chi connectivity index (χ1v) is 6.05. The maximum absolute atomic E-state index is 10.7. The second-order valence-corrected chi connectivity index (χ2v) is 4.69. The summed E-state index contributed by atoms with van der Waals surface area (Å²) in [5, 5.41) is 9.18. The number of halogens is 2. The highest BCUT2D eigenvalue weighted by molar-refractivity contribution is 9.10. The van der Waals surface area contributed by atoms with Gasteiger partial charge in [0.15, 0.2) is 0 Å². The fraction of sp³-hybridized carbons (Fsp3) is 0. The molecule has 0 saturated heterocycles. The zero-order chi connectivity index (χ0) is 13.1. The molecule has 0 fully saturated rings. The molecule has 0 aliphatic rings. The third-order valence-corrected chi connectivity index (χ3v) is 2.90. The van der Waals surface area contributed by atoms with Crippen LogP contribution < -0.4 is 4.74 Å². The number of carboxylic acids is 1. The van der Waals surface area contributed by atoms with Crippen molar-refractivity contribution in [3.63, 3.8) is 0 Å². The number of carboxylic acid groups (broad SMARTS) is 1. The molecule has 4 nitrogen and oxygen atoms in total. The molecular formula is C12H7BrClNO3. The van der Waals surface area contributed by atoms with Gasteiger partial charge >= 0.3 is 5.97 Å². The Kier molecular flexibility index (Phi) is 3.84. The number of aromatic nitrogens is 1. The van der Waals surface area contributed by atoms with E-state index in [2.05, 4.69) is 20.9 Å². The molecule has 0 radical (unpaired) electrons. The van der Waals surface area contributed by atoms with Crippen LogP contribution in [0.2, 0.25) is 5.02 Å². The van der Waals surface area contributed by atoms with Crippen LogP contribution >= 0.6 is 27.5 Å². The summed E-state index contributed by atoms with van der Waals surface area (Å²) in [5.74, 6) is -0.309. The van der Waals surface area contributed by atoms with E-state index in [4.69, 9.17) is 21.4 Å². The highest BCUT2D eigenvalue weighted by Gasteiger charge is 2.07. The Morgan fingerprint density at radius 3 is 2.72 bits per heavy atom. The zero-order valence-electron chi connectivity index (χ0n) is 8.93. The topological polar surface area (TPSA) is 59.4 Å². The maximum Gasteiger partial charge on any atom is 0.337 e. The third-order valence-electron chi connectivity index (χ3n) is 2.09. The van der Waals surface area contributed by atoms with Crippen molar-refractivity contribution in [2.45, 2.75) is 0 Å². The molecule has 1 N–H and O–H groups in total. The molecule has 1 aromatic heterocycles. The van der Waals surface area contributed by atoms with Gasteiger partial charge < -0.3 is 9.84 Å². The van der Waals surface area contributed by atoms with E-state index in [0.29, 0.717) is 10.8 Å². The van der Waals surface area contributed by atoms with Crippen LogP contribution in [0.4, 0.5) is 0 Å².